The van der Waals surface area contributed by atoms with Crippen molar-refractivity contribution in [1.82, 2.24) is 4.90 Å². The Hall–Kier alpha value is -1.20. The molecule has 1 aliphatic carbocycles. The molecule has 120 valence electrons. The van der Waals surface area contributed by atoms with Gasteiger partial charge >= 0.3 is 5.97 Å². The third-order valence-corrected chi connectivity index (χ3v) is 4.66. The number of carboxylic acid groups (broad SMARTS) is 1. The number of piperidine rings is 1. The number of nitrogens with zero attached hydrogens (tertiary/aromatic N) is 1. The van der Waals surface area contributed by atoms with E-state index in [9.17, 15) is 18.4 Å². The fourth-order valence-corrected chi connectivity index (χ4v) is 3.37. The van der Waals surface area contributed by atoms with E-state index in [1.807, 2.05) is 0 Å². The van der Waals surface area contributed by atoms with Crippen LogP contribution in [0.2, 0.25) is 0 Å². The normalized spacial score (nSPS) is 26.6. The fourth-order valence-electron chi connectivity index (χ4n) is 3.37. The van der Waals surface area contributed by atoms with Crippen LogP contribution in [-0.2, 0) is 9.59 Å². The summed E-state index contributed by atoms with van der Waals surface area (Å²) in [7, 11) is 0. The Kier molecular flexibility index (Phi) is 5.17. The minimum atomic E-state index is -2.61. The van der Waals surface area contributed by atoms with Crippen LogP contribution < -0.4 is 0 Å². The Morgan fingerprint density at radius 1 is 1.19 bits per heavy atom. The molecule has 0 spiro atoms. The van der Waals surface area contributed by atoms with Gasteiger partial charge in [-0.15, -0.1) is 0 Å². The summed E-state index contributed by atoms with van der Waals surface area (Å²) < 4.78 is 26.3. The summed E-state index contributed by atoms with van der Waals surface area (Å²) in [5.74, 6) is -3.48. The molecule has 1 aliphatic heterocycles. The molecule has 2 aliphatic rings. The summed E-state index contributed by atoms with van der Waals surface area (Å²) in [5.41, 5.74) is 0. The zero-order chi connectivity index (χ0) is 15.5. The van der Waals surface area contributed by atoms with Gasteiger partial charge in [-0.05, 0) is 38.0 Å². The Morgan fingerprint density at radius 2 is 1.86 bits per heavy atom. The van der Waals surface area contributed by atoms with Gasteiger partial charge in [-0.3, -0.25) is 9.59 Å². The zero-order valence-electron chi connectivity index (χ0n) is 12.2. The standard InChI is InChI=1S/C15H23F2NO3/c16-15(17)7-5-12(6-8-15)14(21)18-9-1-2-11(10-18)3-4-13(19)20/h11-12H,1-10H2,(H,19,20). The number of halogens is 2. The second-order valence-corrected chi connectivity index (χ2v) is 6.36. The van der Waals surface area contributed by atoms with Gasteiger partial charge in [0.1, 0.15) is 0 Å². The van der Waals surface area contributed by atoms with E-state index in [0.29, 0.717) is 19.5 Å². The van der Waals surface area contributed by atoms with Crippen LogP contribution in [0.5, 0.6) is 0 Å². The van der Waals surface area contributed by atoms with Crippen LogP contribution in [0.15, 0.2) is 0 Å². The molecule has 21 heavy (non-hydrogen) atoms. The maximum atomic E-state index is 13.1. The number of hydrogen-bond donors (Lipinski definition) is 1. The van der Waals surface area contributed by atoms with Crippen molar-refractivity contribution in [2.45, 2.75) is 57.3 Å². The quantitative estimate of drug-likeness (QED) is 0.868. The Labute approximate surface area is 123 Å². The molecule has 1 heterocycles. The van der Waals surface area contributed by atoms with Gasteiger partial charge in [0.05, 0.1) is 0 Å². The minimum absolute atomic E-state index is 0.00877. The molecule has 1 unspecified atom stereocenters. The smallest absolute Gasteiger partial charge is 0.303 e. The summed E-state index contributed by atoms with van der Waals surface area (Å²) in [6.45, 7) is 1.26. The number of aliphatic carboxylic acids is 1. The van der Waals surface area contributed by atoms with Crippen molar-refractivity contribution in [1.29, 1.82) is 0 Å². The van der Waals surface area contributed by atoms with Gasteiger partial charge < -0.3 is 10.0 Å². The lowest BCUT2D eigenvalue weighted by Gasteiger charge is -2.36. The van der Waals surface area contributed by atoms with Crippen molar-refractivity contribution in [3.63, 3.8) is 0 Å². The highest BCUT2D eigenvalue weighted by molar-refractivity contribution is 5.79. The predicted octanol–water partition coefficient (Wildman–Crippen LogP) is 2.92. The van der Waals surface area contributed by atoms with Crippen molar-refractivity contribution in [3.05, 3.63) is 0 Å². The molecule has 1 atom stereocenters. The molecule has 1 saturated carbocycles. The molecular formula is C15H23F2NO3. The van der Waals surface area contributed by atoms with E-state index in [1.165, 1.54) is 0 Å². The van der Waals surface area contributed by atoms with Gasteiger partial charge in [-0.2, -0.15) is 0 Å². The monoisotopic (exact) mass is 303 g/mol. The molecule has 0 bridgehead atoms. The van der Waals surface area contributed by atoms with Crippen LogP contribution in [0, 0.1) is 11.8 Å². The SMILES string of the molecule is O=C(O)CCC1CCCN(C(=O)C2CCC(F)(F)CC2)C1. The van der Waals surface area contributed by atoms with Crippen molar-refractivity contribution in [2.75, 3.05) is 13.1 Å². The number of alkyl halides is 2. The third-order valence-electron chi connectivity index (χ3n) is 4.66. The van der Waals surface area contributed by atoms with Crippen molar-refractivity contribution < 1.29 is 23.5 Å². The van der Waals surface area contributed by atoms with Crippen molar-refractivity contribution in [3.8, 4) is 0 Å². The van der Waals surface area contributed by atoms with E-state index in [2.05, 4.69) is 0 Å². The van der Waals surface area contributed by atoms with Gasteiger partial charge in [0.15, 0.2) is 0 Å². The lowest BCUT2D eigenvalue weighted by molar-refractivity contribution is -0.141. The second kappa shape index (κ2) is 6.71. The number of rotatable bonds is 4. The number of carbonyl (C=O) groups is 2. The Balaban J connectivity index is 1.83. The largest absolute Gasteiger partial charge is 0.481 e. The average Bonchev–Trinajstić information content (AvgIpc) is 2.45. The number of carboxylic acids is 1. The predicted molar refractivity (Wildman–Crippen MR) is 73.1 cm³/mol. The van der Waals surface area contributed by atoms with Gasteiger partial charge in [0.25, 0.3) is 0 Å². The molecule has 0 aromatic heterocycles. The molecular weight excluding hydrogens is 280 g/mol. The van der Waals surface area contributed by atoms with Crippen LogP contribution in [0.1, 0.15) is 51.4 Å². The number of likely N-dealkylation sites (tertiary alicyclic amines) is 1. The van der Waals surface area contributed by atoms with E-state index in [0.717, 1.165) is 12.8 Å². The first-order chi connectivity index (χ1) is 9.87. The van der Waals surface area contributed by atoms with Gasteiger partial charge in [-0.1, -0.05) is 0 Å². The topological polar surface area (TPSA) is 57.6 Å². The summed E-state index contributed by atoms with van der Waals surface area (Å²) >= 11 is 0. The first-order valence-electron chi connectivity index (χ1n) is 7.76. The van der Waals surface area contributed by atoms with E-state index in [1.54, 1.807) is 4.90 Å². The first kappa shape index (κ1) is 16.2. The fraction of sp³-hybridized carbons (Fsp3) is 0.867. The van der Waals surface area contributed by atoms with Crippen LogP contribution in [-0.4, -0.2) is 40.9 Å². The zero-order valence-corrected chi connectivity index (χ0v) is 12.2. The second-order valence-electron chi connectivity index (χ2n) is 6.36. The molecule has 1 saturated heterocycles. The van der Waals surface area contributed by atoms with E-state index in [4.69, 9.17) is 5.11 Å². The first-order valence-corrected chi connectivity index (χ1v) is 7.76. The number of carbonyl (C=O) groups excluding carboxylic acids is 1. The summed E-state index contributed by atoms with van der Waals surface area (Å²) in [4.78, 5) is 24.8. The molecule has 1 N–H and O–H groups in total. The molecule has 1 amide bonds. The molecule has 0 radical (unpaired) electrons. The van der Waals surface area contributed by atoms with Crippen molar-refractivity contribution >= 4 is 11.9 Å². The van der Waals surface area contributed by atoms with Gasteiger partial charge in [0.2, 0.25) is 11.8 Å². The molecule has 2 fully saturated rings. The molecule has 6 heteroatoms. The number of amides is 1. The van der Waals surface area contributed by atoms with Gasteiger partial charge in [0, 0.05) is 38.3 Å². The molecule has 4 nitrogen and oxygen atoms in total. The Morgan fingerprint density at radius 3 is 2.48 bits per heavy atom. The highest BCUT2D eigenvalue weighted by Gasteiger charge is 2.39. The third kappa shape index (κ3) is 4.64. The van der Waals surface area contributed by atoms with Crippen molar-refractivity contribution in [2.24, 2.45) is 11.8 Å². The average molecular weight is 303 g/mol. The van der Waals surface area contributed by atoms with Crippen LogP contribution in [0.4, 0.5) is 8.78 Å². The minimum Gasteiger partial charge on any atom is -0.481 e. The molecule has 0 aromatic rings. The molecule has 0 aromatic carbocycles. The lowest BCUT2D eigenvalue weighted by Crippen LogP contribution is -2.44. The Bertz CT molecular complexity index is 390. The highest BCUT2D eigenvalue weighted by Crippen LogP contribution is 2.37. The maximum Gasteiger partial charge on any atom is 0.303 e. The van der Waals surface area contributed by atoms with Gasteiger partial charge in [-0.25, -0.2) is 8.78 Å². The maximum absolute atomic E-state index is 13.1. The highest BCUT2D eigenvalue weighted by atomic mass is 19.3. The van der Waals surface area contributed by atoms with E-state index >= 15 is 0 Å². The van der Waals surface area contributed by atoms with Crippen LogP contribution in [0.25, 0.3) is 0 Å². The van der Waals surface area contributed by atoms with Crippen LogP contribution in [0.3, 0.4) is 0 Å². The van der Waals surface area contributed by atoms with E-state index in [-0.39, 0.29) is 49.8 Å². The number of hydrogen-bond acceptors (Lipinski definition) is 2. The molecule has 2 rings (SSSR count). The lowest BCUT2D eigenvalue weighted by atomic mass is 9.85. The summed E-state index contributed by atoms with van der Waals surface area (Å²) in [5, 5.41) is 8.72. The summed E-state index contributed by atoms with van der Waals surface area (Å²) in [6.07, 6.45) is 2.67. The van der Waals surface area contributed by atoms with E-state index < -0.39 is 11.9 Å². The van der Waals surface area contributed by atoms with Crippen LogP contribution >= 0.6 is 0 Å². The summed E-state index contributed by atoms with van der Waals surface area (Å²) in [6, 6.07) is 0.